The molecule has 4 heteroatoms. The lowest BCUT2D eigenvalue weighted by molar-refractivity contribution is 0.111. The second-order valence-corrected chi connectivity index (χ2v) is 4.34. The number of aromatic nitrogens is 2. The molecule has 0 aliphatic rings. The number of ether oxygens (including phenoxy) is 1. The Bertz CT molecular complexity index is 518. The van der Waals surface area contributed by atoms with Gasteiger partial charge in [0.2, 0.25) is 5.88 Å². The van der Waals surface area contributed by atoms with Crippen LogP contribution in [0.1, 0.15) is 35.9 Å². The summed E-state index contributed by atoms with van der Waals surface area (Å²) in [5.41, 5.74) is 1.48. The van der Waals surface area contributed by atoms with Crippen LogP contribution in [-0.4, -0.2) is 16.1 Å². The number of hydrogen-bond acceptors (Lipinski definition) is 3. The van der Waals surface area contributed by atoms with Crippen LogP contribution in [0.5, 0.6) is 5.88 Å². The molecule has 0 aliphatic carbocycles. The Balaban J connectivity index is 2.13. The highest BCUT2D eigenvalue weighted by molar-refractivity contribution is 5.72. The molecule has 0 fully saturated rings. The molecular weight excluding hydrogens is 228 g/mol. The first-order valence-electron chi connectivity index (χ1n) is 5.92. The molecule has 2 rings (SSSR count). The molecule has 0 saturated carbocycles. The van der Waals surface area contributed by atoms with Crippen molar-refractivity contribution in [2.45, 2.75) is 26.5 Å². The number of hydrogen-bond donors (Lipinski definition) is 0. The van der Waals surface area contributed by atoms with E-state index in [0.29, 0.717) is 18.2 Å². The highest BCUT2D eigenvalue weighted by Crippen LogP contribution is 2.19. The molecule has 0 aliphatic heterocycles. The fraction of sp³-hybridized carbons (Fsp3) is 0.286. The van der Waals surface area contributed by atoms with Gasteiger partial charge in [0.05, 0.1) is 6.04 Å². The second kappa shape index (κ2) is 5.49. The molecule has 0 bridgehead atoms. The minimum Gasteiger partial charge on any atom is -0.473 e. The molecule has 1 aromatic carbocycles. The van der Waals surface area contributed by atoms with Gasteiger partial charge in [0.1, 0.15) is 12.3 Å². The van der Waals surface area contributed by atoms with Crippen molar-refractivity contribution < 1.29 is 9.53 Å². The van der Waals surface area contributed by atoms with Crippen molar-refractivity contribution in [1.29, 1.82) is 0 Å². The largest absolute Gasteiger partial charge is 0.473 e. The highest BCUT2D eigenvalue weighted by atomic mass is 16.5. The van der Waals surface area contributed by atoms with Gasteiger partial charge in [-0.2, -0.15) is 5.10 Å². The van der Waals surface area contributed by atoms with Crippen LogP contribution in [0.3, 0.4) is 0 Å². The third-order valence-electron chi connectivity index (χ3n) is 2.56. The van der Waals surface area contributed by atoms with E-state index in [-0.39, 0.29) is 6.04 Å². The van der Waals surface area contributed by atoms with Gasteiger partial charge in [-0.3, -0.25) is 4.79 Å². The summed E-state index contributed by atoms with van der Waals surface area (Å²) < 4.78 is 7.42. The monoisotopic (exact) mass is 244 g/mol. The van der Waals surface area contributed by atoms with Crippen LogP contribution >= 0.6 is 0 Å². The van der Waals surface area contributed by atoms with E-state index in [1.54, 1.807) is 10.7 Å². The Kier molecular flexibility index (Phi) is 3.77. The second-order valence-electron chi connectivity index (χ2n) is 4.34. The Labute approximate surface area is 106 Å². The first-order chi connectivity index (χ1) is 8.70. The minimum absolute atomic E-state index is 0.157. The van der Waals surface area contributed by atoms with Crippen LogP contribution in [-0.2, 0) is 6.61 Å². The predicted molar refractivity (Wildman–Crippen MR) is 68.8 cm³/mol. The van der Waals surface area contributed by atoms with E-state index in [1.165, 1.54) is 0 Å². The Morgan fingerprint density at radius 3 is 2.67 bits per heavy atom. The van der Waals surface area contributed by atoms with Gasteiger partial charge in [0.25, 0.3) is 0 Å². The molecule has 18 heavy (non-hydrogen) atoms. The summed E-state index contributed by atoms with van der Waals surface area (Å²) in [5, 5.41) is 4.16. The van der Waals surface area contributed by atoms with Crippen molar-refractivity contribution in [3.63, 3.8) is 0 Å². The smallest absolute Gasteiger partial charge is 0.213 e. The summed E-state index contributed by atoms with van der Waals surface area (Å²) >= 11 is 0. The van der Waals surface area contributed by atoms with Crippen LogP contribution in [0.15, 0.2) is 36.4 Å². The van der Waals surface area contributed by atoms with Crippen LogP contribution in [0.4, 0.5) is 0 Å². The fourth-order valence-corrected chi connectivity index (χ4v) is 1.66. The third kappa shape index (κ3) is 2.77. The molecule has 4 nitrogen and oxygen atoms in total. The first-order valence-corrected chi connectivity index (χ1v) is 5.92. The molecule has 0 atom stereocenters. The van der Waals surface area contributed by atoms with E-state index in [4.69, 9.17) is 4.74 Å². The van der Waals surface area contributed by atoms with Gasteiger partial charge in [-0.15, -0.1) is 0 Å². The van der Waals surface area contributed by atoms with E-state index in [9.17, 15) is 4.79 Å². The standard InChI is InChI=1S/C14H16N2O2/c1-11(2)16-14(8-13(9-17)15-16)18-10-12-6-4-3-5-7-12/h3-9,11H,10H2,1-2H3. The van der Waals surface area contributed by atoms with Gasteiger partial charge in [0.15, 0.2) is 6.29 Å². The molecule has 0 N–H and O–H groups in total. The summed E-state index contributed by atoms with van der Waals surface area (Å²) in [6, 6.07) is 11.7. The van der Waals surface area contributed by atoms with Gasteiger partial charge in [0, 0.05) is 6.07 Å². The molecule has 0 amide bonds. The number of rotatable bonds is 5. The Morgan fingerprint density at radius 1 is 1.33 bits per heavy atom. The predicted octanol–water partition coefficient (Wildman–Crippen LogP) is 2.86. The number of aldehydes is 1. The number of nitrogens with zero attached hydrogens (tertiary/aromatic N) is 2. The lowest BCUT2D eigenvalue weighted by Crippen LogP contribution is -2.07. The SMILES string of the molecule is CC(C)n1nc(C=O)cc1OCc1ccccc1. The van der Waals surface area contributed by atoms with Crippen molar-refractivity contribution in [2.75, 3.05) is 0 Å². The zero-order valence-electron chi connectivity index (χ0n) is 10.5. The van der Waals surface area contributed by atoms with Gasteiger partial charge in [-0.1, -0.05) is 30.3 Å². The third-order valence-corrected chi connectivity index (χ3v) is 2.56. The van der Waals surface area contributed by atoms with E-state index < -0.39 is 0 Å². The summed E-state index contributed by atoms with van der Waals surface area (Å²) in [6.45, 7) is 4.46. The lowest BCUT2D eigenvalue weighted by atomic mass is 10.2. The molecule has 0 radical (unpaired) electrons. The van der Waals surface area contributed by atoms with E-state index in [0.717, 1.165) is 11.8 Å². The Morgan fingerprint density at radius 2 is 2.06 bits per heavy atom. The van der Waals surface area contributed by atoms with Crippen molar-refractivity contribution >= 4 is 6.29 Å². The molecule has 2 aromatic rings. The normalized spacial score (nSPS) is 10.6. The van der Waals surface area contributed by atoms with Crippen LogP contribution < -0.4 is 4.74 Å². The molecule has 0 unspecified atom stereocenters. The molecule has 0 saturated heterocycles. The van der Waals surface area contributed by atoms with Crippen molar-refractivity contribution in [3.05, 3.63) is 47.7 Å². The first kappa shape index (κ1) is 12.4. The maximum atomic E-state index is 10.7. The highest BCUT2D eigenvalue weighted by Gasteiger charge is 2.11. The molecular formula is C14H16N2O2. The molecule has 0 spiro atoms. The van der Waals surface area contributed by atoms with Gasteiger partial charge in [-0.25, -0.2) is 4.68 Å². The average Bonchev–Trinajstić information content (AvgIpc) is 2.81. The summed E-state index contributed by atoms with van der Waals surface area (Å²) in [6.07, 6.45) is 0.730. The number of benzene rings is 1. The van der Waals surface area contributed by atoms with Crippen LogP contribution in [0.25, 0.3) is 0 Å². The fourth-order valence-electron chi connectivity index (χ4n) is 1.66. The topological polar surface area (TPSA) is 44.1 Å². The quantitative estimate of drug-likeness (QED) is 0.760. The average molecular weight is 244 g/mol. The van der Waals surface area contributed by atoms with E-state index in [2.05, 4.69) is 5.10 Å². The molecule has 1 heterocycles. The Hall–Kier alpha value is -2.10. The lowest BCUT2D eigenvalue weighted by Gasteiger charge is -2.11. The molecule has 1 aromatic heterocycles. The van der Waals surface area contributed by atoms with Crippen molar-refractivity contribution in [3.8, 4) is 5.88 Å². The van der Waals surface area contributed by atoms with Crippen molar-refractivity contribution in [1.82, 2.24) is 9.78 Å². The number of carbonyl (C=O) groups excluding carboxylic acids is 1. The summed E-state index contributed by atoms with van der Waals surface area (Å²) in [4.78, 5) is 10.7. The van der Waals surface area contributed by atoms with E-state index >= 15 is 0 Å². The molecule has 94 valence electrons. The van der Waals surface area contributed by atoms with E-state index in [1.807, 2.05) is 44.2 Å². The maximum Gasteiger partial charge on any atom is 0.213 e. The van der Waals surface area contributed by atoms with Gasteiger partial charge < -0.3 is 4.74 Å². The van der Waals surface area contributed by atoms with Crippen LogP contribution in [0.2, 0.25) is 0 Å². The minimum atomic E-state index is 0.157. The summed E-state index contributed by atoms with van der Waals surface area (Å²) in [7, 11) is 0. The van der Waals surface area contributed by atoms with Crippen LogP contribution in [0, 0.1) is 0 Å². The zero-order valence-corrected chi connectivity index (χ0v) is 10.5. The summed E-state index contributed by atoms with van der Waals surface area (Å²) in [5.74, 6) is 0.621. The zero-order chi connectivity index (χ0) is 13.0. The van der Waals surface area contributed by atoms with Gasteiger partial charge >= 0.3 is 0 Å². The van der Waals surface area contributed by atoms with Crippen molar-refractivity contribution in [2.24, 2.45) is 0 Å². The number of carbonyl (C=O) groups is 1. The van der Waals surface area contributed by atoms with Gasteiger partial charge in [-0.05, 0) is 19.4 Å². The maximum absolute atomic E-state index is 10.7.